The van der Waals surface area contributed by atoms with E-state index >= 15 is 0 Å². The van der Waals surface area contributed by atoms with Crippen molar-refractivity contribution in [2.75, 3.05) is 25.4 Å². The van der Waals surface area contributed by atoms with E-state index in [9.17, 15) is 0 Å². The normalized spacial score (nSPS) is 13.8. The second kappa shape index (κ2) is 7.93. The molecule has 0 rings (SSSR count). The van der Waals surface area contributed by atoms with Gasteiger partial charge in [-0.1, -0.05) is 27.2 Å². The van der Waals surface area contributed by atoms with E-state index in [1.54, 1.807) is 0 Å². The van der Waals surface area contributed by atoms with Crippen molar-refractivity contribution < 1.29 is 0 Å². The lowest BCUT2D eigenvalue weighted by atomic mass is 10.1. The van der Waals surface area contributed by atoms with Crippen LogP contribution in [0.25, 0.3) is 0 Å². The molecular formula is C10H23NS. The smallest absolute Gasteiger partial charge is 0.000681 e. The van der Waals surface area contributed by atoms with Crippen LogP contribution < -0.4 is 0 Å². The van der Waals surface area contributed by atoms with Crippen molar-refractivity contribution in [3.8, 4) is 0 Å². The SMILES string of the molecule is CCC(C)CN(CC)CCCS. The first-order chi connectivity index (χ1) is 5.74. The molecule has 0 aliphatic carbocycles. The number of thiol groups is 1. The lowest BCUT2D eigenvalue weighted by Crippen LogP contribution is -2.29. The van der Waals surface area contributed by atoms with Crippen LogP contribution in [0.15, 0.2) is 0 Å². The van der Waals surface area contributed by atoms with Crippen molar-refractivity contribution in [2.24, 2.45) is 5.92 Å². The standard InChI is InChI=1S/C10H23NS/c1-4-10(3)9-11(5-2)7-6-8-12/h10,12H,4-9H2,1-3H3. The summed E-state index contributed by atoms with van der Waals surface area (Å²) in [6, 6.07) is 0. The van der Waals surface area contributed by atoms with Crippen LogP contribution in [0.3, 0.4) is 0 Å². The lowest BCUT2D eigenvalue weighted by Gasteiger charge is -2.23. The summed E-state index contributed by atoms with van der Waals surface area (Å²) in [6.45, 7) is 10.5. The maximum absolute atomic E-state index is 4.22. The molecule has 1 atom stereocenters. The van der Waals surface area contributed by atoms with E-state index < -0.39 is 0 Å². The van der Waals surface area contributed by atoms with Gasteiger partial charge in [0, 0.05) is 6.54 Å². The van der Waals surface area contributed by atoms with E-state index in [0.29, 0.717) is 0 Å². The average Bonchev–Trinajstić information content (AvgIpc) is 2.11. The minimum absolute atomic E-state index is 0.838. The van der Waals surface area contributed by atoms with E-state index in [4.69, 9.17) is 0 Å². The van der Waals surface area contributed by atoms with Gasteiger partial charge in [-0.25, -0.2) is 0 Å². The molecule has 0 spiro atoms. The predicted octanol–water partition coefficient (Wildman–Crippen LogP) is 2.67. The zero-order chi connectivity index (χ0) is 9.40. The summed E-state index contributed by atoms with van der Waals surface area (Å²) in [5.74, 6) is 1.85. The summed E-state index contributed by atoms with van der Waals surface area (Å²) in [4.78, 5) is 2.52. The molecule has 0 saturated heterocycles. The van der Waals surface area contributed by atoms with E-state index in [1.807, 2.05) is 0 Å². The number of rotatable bonds is 7. The van der Waals surface area contributed by atoms with Crippen LogP contribution in [0.5, 0.6) is 0 Å². The molecular weight excluding hydrogens is 166 g/mol. The second-order valence-electron chi connectivity index (χ2n) is 3.48. The van der Waals surface area contributed by atoms with E-state index in [0.717, 1.165) is 11.7 Å². The first-order valence-electron chi connectivity index (χ1n) is 5.07. The molecule has 0 aromatic carbocycles. The van der Waals surface area contributed by atoms with Crippen LogP contribution >= 0.6 is 12.6 Å². The van der Waals surface area contributed by atoms with Gasteiger partial charge >= 0.3 is 0 Å². The summed E-state index contributed by atoms with van der Waals surface area (Å²) >= 11 is 4.22. The Morgan fingerprint density at radius 2 is 2.00 bits per heavy atom. The van der Waals surface area contributed by atoms with Gasteiger partial charge in [0.1, 0.15) is 0 Å². The Morgan fingerprint density at radius 1 is 1.33 bits per heavy atom. The highest BCUT2D eigenvalue weighted by Crippen LogP contribution is 2.04. The zero-order valence-corrected chi connectivity index (χ0v) is 9.61. The van der Waals surface area contributed by atoms with Crippen molar-refractivity contribution in [2.45, 2.75) is 33.6 Å². The second-order valence-corrected chi connectivity index (χ2v) is 3.93. The summed E-state index contributed by atoms with van der Waals surface area (Å²) in [7, 11) is 0. The molecule has 12 heavy (non-hydrogen) atoms. The highest BCUT2D eigenvalue weighted by Gasteiger charge is 2.05. The summed E-state index contributed by atoms with van der Waals surface area (Å²) in [6.07, 6.45) is 2.50. The van der Waals surface area contributed by atoms with Crippen LogP contribution in [0.1, 0.15) is 33.6 Å². The molecule has 0 aromatic rings. The Bertz CT molecular complexity index is 95.8. The molecule has 0 N–H and O–H groups in total. The van der Waals surface area contributed by atoms with Gasteiger partial charge in [-0.2, -0.15) is 12.6 Å². The first-order valence-corrected chi connectivity index (χ1v) is 5.71. The number of hydrogen-bond acceptors (Lipinski definition) is 2. The summed E-state index contributed by atoms with van der Waals surface area (Å²) < 4.78 is 0. The van der Waals surface area contributed by atoms with Gasteiger partial charge in [-0.05, 0) is 31.2 Å². The van der Waals surface area contributed by atoms with Gasteiger partial charge in [0.15, 0.2) is 0 Å². The zero-order valence-electron chi connectivity index (χ0n) is 8.71. The van der Waals surface area contributed by atoms with Crippen LogP contribution in [-0.4, -0.2) is 30.3 Å². The Morgan fingerprint density at radius 3 is 2.42 bits per heavy atom. The molecule has 0 aromatic heterocycles. The third kappa shape index (κ3) is 5.90. The lowest BCUT2D eigenvalue weighted by molar-refractivity contribution is 0.247. The predicted molar refractivity (Wildman–Crippen MR) is 60.0 cm³/mol. The molecule has 0 fully saturated rings. The molecule has 0 heterocycles. The van der Waals surface area contributed by atoms with Gasteiger partial charge in [0.05, 0.1) is 0 Å². The molecule has 0 bridgehead atoms. The van der Waals surface area contributed by atoms with Crippen molar-refractivity contribution in [1.29, 1.82) is 0 Å². The van der Waals surface area contributed by atoms with Gasteiger partial charge in [0.2, 0.25) is 0 Å². The fourth-order valence-corrected chi connectivity index (χ4v) is 1.38. The molecule has 0 amide bonds. The van der Waals surface area contributed by atoms with E-state index in [1.165, 1.54) is 32.5 Å². The van der Waals surface area contributed by atoms with Crippen molar-refractivity contribution in [1.82, 2.24) is 4.90 Å². The highest BCUT2D eigenvalue weighted by molar-refractivity contribution is 7.80. The minimum Gasteiger partial charge on any atom is -0.303 e. The highest BCUT2D eigenvalue weighted by atomic mass is 32.1. The van der Waals surface area contributed by atoms with Crippen LogP contribution in [-0.2, 0) is 0 Å². The van der Waals surface area contributed by atoms with Gasteiger partial charge in [0.25, 0.3) is 0 Å². The summed E-state index contributed by atoms with van der Waals surface area (Å²) in [5.41, 5.74) is 0. The topological polar surface area (TPSA) is 3.24 Å². The molecule has 74 valence electrons. The molecule has 0 radical (unpaired) electrons. The van der Waals surface area contributed by atoms with Gasteiger partial charge in [-0.3, -0.25) is 0 Å². The van der Waals surface area contributed by atoms with Gasteiger partial charge in [-0.15, -0.1) is 0 Å². The fourth-order valence-electron chi connectivity index (χ4n) is 1.24. The Kier molecular flexibility index (Phi) is 8.14. The van der Waals surface area contributed by atoms with Crippen LogP contribution in [0.2, 0.25) is 0 Å². The molecule has 1 unspecified atom stereocenters. The minimum atomic E-state index is 0.838. The maximum atomic E-state index is 4.22. The van der Waals surface area contributed by atoms with E-state index in [-0.39, 0.29) is 0 Å². The maximum Gasteiger partial charge on any atom is 0.000681 e. The third-order valence-corrected chi connectivity index (χ3v) is 2.66. The molecule has 0 aliphatic heterocycles. The van der Waals surface area contributed by atoms with Crippen LogP contribution in [0.4, 0.5) is 0 Å². The first kappa shape index (κ1) is 12.3. The quantitative estimate of drug-likeness (QED) is 0.603. The van der Waals surface area contributed by atoms with Crippen molar-refractivity contribution in [3.05, 3.63) is 0 Å². The summed E-state index contributed by atoms with van der Waals surface area (Å²) in [5, 5.41) is 0. The van der Waals surface area contributed by atoms with Crippen molar-refractivity contribution in [3.63, 3.8) is 0 Å². The molecule has 1 nitrogen and oxygen atoms in total. The Balaban J connectivity index is 3.51. The number of nitrogens with zero attached hydrogens (tertiary/aromatic N) is 1. The Labute approximate surface area is 82.9 Å². The number of hydrogen-bond donors (Lipinski definition) is 1. The monoisotopic (exact) mass is 189 g/mol. The Hall–Kier alpha value is 0.310. The van der Waals surface area contributed by atoms with Crippen molar-refractivity contribution >= 4 is 12.6 Å². The van der Waals surface area contributed by atoms with E-state index in [2.05, 4.69) is 38.3 Å². The largest absolute Gasteiger partial charge is 0.303 e. The van der Waals surface area contributed by atoms with Crippen LogP contribution in [0, 0.1) is 5.92 Å². The average molecular weight is 189 g/mol. The third-order valence-electron chi connectivity index (χ3n) is 2.35. The molecule has 2 heteroatoms. The van der Waals surface area contributed by atoms with Gasteiger partial charge < -0.3 is 4.90 Å². The molecule has 0 saturated carbocycles. The fraction of sp³-hybridized carbons (Fsp3) is 1.00. The molecule has 0 aliphatic rings.